The van der Waals surface area contributed by atoms with Crippen LogP contribution in [-0.4, -0.2) is 13.2 Å². The Morgan fingerprint density at radius 2 is 1.81 bits per heavy atom. The van der Waals surface area contributed by atoms with Gasteiger partial charge in [0.25, 0.3) is 0 Å². The molecular weight excluding hydrogens is 279 g/mol. The fraction of sp³-hybridized carbons (Fsp3) is 0.625. The quantitative estimate of drug-likeness (QED) is 0.880. The van der Waals surface area contributed by atoms with Crippen molar-refractivity contribution in [3.05, 3.63) is 35.4 Å². The maximum atomic E-state index is 12.9. The number of alkyl halides is 3. The first kappa shape index (κ1) is 16.3. The van der Waals surface area contributed by atoms with E-state index in [-0.39, 0.29) is 12.2 Å². The summed E-state index contributed by atoms with van der Waals surface area (Å²) in [6.45, 7) is 0.728. The Morgan fingerprint density at radius 3 is 2.48 bits per heavy atom. The fourth-order valence-electron chi connectivity index (χ4n) is 2.88. The lowest BCUT2D eigenvalue weighted by Crippen LogP contribution is -2.23. The summed E-state index contributed by atoms with van der Waals surface area (Å²) in [6, 6.07) is 4.70. The third-order valence-corrected chi connectivity index (χ3v) is 4.04. The van der Waals surface area contributed by atoms with Gasteiger partial charge in [0.05, 0.1) is 18.2 Å². The van der Waals surface area contributed by atoms with Crippen molar-refractivity contribution in [2.24, 2.45) is 11.7 Å². The molecule has 1 aliphatic carbocycles. The van der Waals surface area contributed by atoms with E-state index in [0.29, 0.717) is 12.5 Å². The van der Waals surface area contributed by atoms with Gasteiger partial charge in [-0.25, -0.2) is 0 Å². The molecule has 1 aromatic rings. The van der Waals surface area contributed by atoms with Crippen molar-refractivity contribution in [1.82, 2.24) is 0 Å². The van der Waals surface area contributed by atoms with Crippen LogP contribution in [-0.2, 0) is 10.9 Å². The predicted molar refractivity (Wildman–Crippen MR) is 75.8 cm³/mol. The number of nitrogens with two attached hydrogens (primary N) is 1. The molecule has 2 rings (SSSR count). The molecule has 0 spiro atoms. The Hall–Kier alpha value is -1.07. The van der Waals surface area contributed by atoms with E-state index in [4.69, 9.17) is 10.5 Å². The van der Waals surface area contributed by atoms with Crippen molar-refractivity contribution in [1.29, 1.82) is 0 Å². The standard InChI is InChI=1S/C16H22F3NO/c17-16(18,19)14-9-5-4-8-13(14)15(20)11-21-10-12-6-2-1-3-7-12/h4-5,8-9,12,15H,1-3,6-7,10-11,20H2. The molecule has 0 heterocycles. The van der Waals surface area contributed by atoms with Gasteiger partial charge >= 0.3 is 6.18 Å². The average Bonchev–Trinajstić information content (AvgIpc) is 2.47. The van der Waals surface area contributed by atoms with E-state index >= 15 is 0 Å². The summed E-state index contributed by atoms with van der Waals surface area (Å²) in [5.74, 6) is 0.531. The first-order chi connectivity index (χ1) is 9.98. The molecule has 0 bridgehead atoms. The van der Waals surface area contributed by atoms with Crippen LogP contribution in [0.1, 0.15) is 49.3 Å². The Bertz CT molecular complexity index is 441. The summed E-state index contributed by atoms with van der Waals surface area (Å²) in [5, 5.41) is 0. The predicted octanol–water partition coefficient (Wildman–Crippen LogP) is 4.30. The second kappa shape index (κ2) is 7.27. The normalized spacial score (nSPS) is 18.7. The zero-order chi connectivity index (χ0) is 15.3. The highest BCUT2D eigenvalue weighted by atomic mass is 19.4. The Balaban J connectivity index is 1.89. The van der Waals surface area contributed by atoms with Crippen molar-refractivity contribution in [2.75, 3.05) is 13.2 Å². The van der Waals surface area contributed by atoms with E-state index in [1.165, 1.54) is 31.4 Å². The molecule has 5 heteroatoms. The summed E-state index contributed by atoms with van der Waals surface area (Å²) < 4.78 is 44.3. The van der Waals surface area contributed by atoms with Crippen LogP contribution < -0.4 is 5.73 Å². The minimum atomic E-state index is -4.38. The summed E-state index contributed by atoms with van der Waals surface area (Å²) >= 11 is 0. The van der Waals surface area contributed by atoms with E-state index < -0.39 is 17.8 Å². The lowest BCUT2D eigenvalue weighted by atomic mass is 9.90. The highest BCUT2D eigenvalue weighted by molar-refractivity contribution is 5.32. The minimum absolute atomic E-state index is 0.105. The summed E-state index contributed by atoms with van der Waals surface area (Å²) in [5.41, 5.74) is 5.32. The molecule has 0 aliphatic heterocycles. The molecule has 1 unspecified atom stereocenters. The van der Waals surface area contributed by atoms with Crippen LogP contribution >= 0.6 is 0 Å². The molecule has 2 nitrogen and oxygen atoms in total. The zero-order valence-electron chi connectivity index (χ0n) is 12.0. The van der Waals surface area contributed by atoms with Crippen molar-refractivity contribution in [3.8, 4) is 0 Å². The summed E-state index contributed by atoms with van der Waals surface area (Å²) in [7, 11) is 0. The highest BCUT2D eigenvalue weighted by Gasteiger charge is 2.34. The topological polar surface area (TPSA) is 35.2 Å². The third kappa shape index (κ3) is 4.71. The number of rotatable bonds is 5. The maximum Gasteiger partial charge on any atom is 0.416 e. The smallest absolute Gasteiger partial charge is 0.379 e. The number of ether oxygens (including phenoxy) is 1. The first-order valence-corrected chi connectivity index (χ1v) is 7.48. The number of hydrogen-bond acceptors (Lipinski definition) is 2. The van der Waals surface area contributed by atoms with Gasteiger partial charge in [0.1, 0.15) is 0 Å². The molecule has 1 saturated carbocycles. The first-order valence-electron chi connectivity index (χ1n) is 7.48. The highest BCUT2D eigenvalue weighted by Crippen LogP contribution is 2.34. The van der Waals surface area contributed by atoms with Gasteiger partial charge < -0.3 is 10.5 Å². The van der Waals surface area contributed by atoms with Crippen molar-refractivity contribution in [3.63, 3.8) is 0 Å². The molecule has 1 aliphatic rings. The van der Waals surface area contributed by atoms with Crippen LogP contribution in [0.15, 0.2) is 24.3 Å². The molecule has 2 N–H and O–H groups in total. The van der Waals surface area contributed by atoms with Gasteiger partial charge in [-0.3, -0.25) is 0 Å². The van der Waals surface area contributed by atoms with Gasteiger partial charge in [-0.1, -0.05) is 37.5 Å². The molecule has 1 fully saturated rings. The molecule has 0 radical (unpaired) electrons. The van der Waals surface area contributed by atoms with E-state index in [1.807, 2.05) is 0 Å². The molecule has 1 aromatic carbocycles. The number of benzene rings is 1. The van der Waals surface area contributed by atoms with E-state index in [0.717, 1.165) is 18.9 Å². The van der Waals surface area contributed by atoms with Crippen molar-refractivity contribution < 1.29 is 17.9 Å². The summed E-state index contributed by atoms with van der Waals surface area (Å²) in [6.07, 6.45) is 1.63. The molecule has 0 saturated heterocycles. The molecule has 0 amide bonds. The zero-order valence-corrected chi connectivity index (χ0v) is 12.0. The van der Waals surface area contributed by atoms with E-state index in [9.17, 15) is 13.2 Å². The van der Waals surface area contributed by atoms with Crippen molar-refractivity contribution >= 4 is 0 Å². The lowest BCUT2D eigenvalue weighted by Gasteiger charge is -2.23. The lowest BCUT2D eigenvalue weighted by molar-refractivity contribution is -0.138. The number of hydrogen-bond donors (Lipinski definition) is 1. The van der Waals surface area contributed by atoms with Crippen LogP contribution in [0.25, 0.3) is 0 Å². The minimum Gasteiger partial charge on any atom is -0.379 e. The van der Waals surface area contributed by atoms with Crippen LogP contribution in [0.4, 0.5) is 13.2 Å². The van der Waals surface area contributed by atoms with Crippen LogP contribution in [0.5, 0.6) is 0 Å². The molecule has 0 aromatic heterocycles. The Labute approximate surface area is 123 Å². The third-order valence-electron chi connectivity index (χ3n) is 4.04. The van der Waals surface area contributed by atoms with Gasteiger partial charge in [0.2, 0.25) is 0 Å². The molecule has 1 atom stereocenters. The van der Waals surface area contributed by atoms with E-state index in [1.54, 1.807) is 6.07 Å². The second-order valence-electron chi connectivity index (χ2n) is 5.73. The monoisotopic (exact) mass is 301 g/mol. The van der Waals surface area contributed by atoms with Crippen LogP contribution in [0, 0.1) is 5.92 Å². The molecule has 118 valence electrons. The van der Waals surface area contributed by atoms with Gasteiger partial charge in [-0.2, -0.15) is 13.2 Å². The van der Waals surface area contributed by atoms with Crippen molar-refractivity contribution in [2.45, 2.75) is 44.3 Å². The summed E-state index contributed by atoms with van der Waals surface area (Å²) in [4.78, 5) is 0. The second-order valence-corrected chi connectivity index (χ2v) is 5.73. The largest absolute Gasteiger partial charge is 0.416 e. The van der Waals surface area contributed by atoms with Crippen LogP contribution in [0.2, 0.25) is 0 Å². The van der Waals surface area contributed by atoms with Gasteiger partial charge in [-0.05, 0) is 30.4 Å². The Morgan fingerprint density at radius 1 is 1.14 bits per heavy atom. The molecular formula is C16H22F3NO. The number of halogens is 3. The van der Waals surface area contributed by atoms with Gasteiger partial charge in [0, 0.05) is 6.61 Å². The maximum absolute atomic E-state index is 12.9. The van der Waals surface area contributed by atoms with E-state index in [2.05, 4.69) is 0 Å². The average molecular weight is 301 g/mol. The Kier molecular flexibility index (Phi) is 5.65. The fourth-order valence-corrected chi connectivity index (χ4v) is 2.88. The van der Waals surface area contributed by atoms with Crippen LogP contribution in [0.3, 0.4) is 0 Å². The van der Waals surface area contributed by atoms with Gasteiger partial charge in [-0.15, -0.1) is 0 Å². The van der Waals surface area contributed by atoms with Gasteiger partial charge in [0.15, 0.2) is 0 Å². The SMILES string of the molecule is NC(COCC1CCCCC1)c1ccccc1C(F)(F)F. The molecule has 21 heavy (non-hydrogen) atoms.